The van der Waals surface area contributed by atoms with Crippen molar-refractivity contribution in [3.05, 3.63) is 105 Å². The van der Waals surface area contributed by atoms with Crippen LogP contribution in [0.2, 0.25) is 10.0 Å². The van der Waals surface area contributed by atoms with Gasteiger partial charge in [-0.05, 0) is 67.8 Å². The van der Waals surface area contributed by atoms with Crippen molar-refractivity contribution in [1.82, 2.24) is 14.8 Å². The number of nitrogens with zero attached hydrogens (tertiary/aromatic N) is 3. The van der Waals surface area contributed by atoms with Gasteiger partial charge in [0.25, 0.3) is 5.91 Å². The van der Waals surface area contributed by atoms with Gasteiger partial charge in [0.15, 0.2) is 0 Å². The Morgan fingerprint density at radius 1 is 1.10 bits per heavy atom. The van der Waals surface area contributed by atoms with E-state index in [-0.39, 0.29) is 12.5 Å². The van der Waals surface area contributed by atoms with Crippen LogP contribution in [0, 0.1) is 6.92 Å². The number of anilines is 2. The summed E-state index contributed by atoms with van der Waals surface area (Å²) in [5.74, 6) is 1.91. The van der Waals surface area contributed by atoms with E-state index in [2.05, 4.69) is 17.6 Å². The predicted molar refractivity (Wildman–Crippen MR) is 163 cm³/mol. The van der Waals surface area contributed by atoms with Crippen molar-refractivity contribution >= 4 is 52.5 Å². The highest BCUT2D eigenvalue weighted by molar-refractivity contribution is 7.99. The highest BCUT2D eigenvalue weighted by Gasteiger charge is 2.34. The molecule has 10 heteroatoms. The van der Waals surface area contributed by atoms with Gasteiger partial charge in [-0.2, -0.15) is 4.98 Å². The van der Waals surface area contributed by atoms with E-state index in [0.29, 0.717) is 38.2 Å². The van der Waals surface area contributed by atoms with Crippen LogP contribution in [0.4, 0.5) is 11.6 Å². The number of allylic oxidation sites excluding steroid dienone is 1. The maximum absolute atomic E-state index is 13.8. The number of hydrogen-bond donors (Lipinski definition) is 2. The minimum atomic E-state index is -0.521. The molecule has 0 saturated heterocycles. The third kappa shape index (κ3) is 6.30. The molecule has 1 atom stereocenters. The van der Waals surface area contributed by atoms with E-state index in [4.69, 9.17) is 38.0 Å². The first-order chi connectivity index (χ1) is 19.3. The van der Waals surface area contributed by atoms with Crippen molar-refractivity contribution in [2.75, 3.05) is 16.4 Å². The van der Waals surface area contributed by atoms with E-state index >= 15 is 0 Å². The van der Waals surface area contributed by atoms with E-state index in [1.165, 1.54) is 0 Å². The zero-order valence-electron chi connectivity index (χ0n) is 22.4. The lowest BCUT2D eigenvalue weighted by molar-refractivity contribution is -0.113. The maximum atomic E-state index is 13.8. The molecule has 0 saturated carbocycles. The highest BCUT2D eigenvalue weighted by Crippen LogP contribution is 2.38. The Bertz CT molecular complexity index is 1590. The van der Waals surface area contributed by atoms with Crippen LogP contribution >= 0.6 is 35.0 Å². The topological polar surface area (TPSA) is 81.1 Å². The molecule has 7 nitrogen and oxygen atoms in total. The summed E-state index contributed by atoms with van der Waals surface area (Å²) in [6.07, 6.45) is 1.00. The number of halogens is 2. The molecule has 206 valence electrons. The summed E-state index contributed by atoms with van der Waals surface area (Å²) >= 11 is 14.0. The average molecular weight is 595 g/mol. The maximum Gasteiger partial charge on any atom is 0.255 e. The monoisotopic (exact) mass is 593 g/mol. The summed E-state index contributed by atoms with van der Waals surface area (Å²) in [5.41, 5.74) is 4.70. The molecule has 0 aliphatic carbocycles. The van der Waals surface area contributed by atoms with Gasteiger partial charge in [-0.1, -0.05) is 72.2 Å². The van der Waals surface area contributed by atoms with Crippen LogP contribution in [0.3, 0.4) is 0 Å². The van der Waals surface area contributed by atoms with Crippen LogP contribution in [0.5, 0.6) is 5.75 Å². The van der Waals surface area contributed by atoms with Crippen molar-refractivity contribution in [2.45, 2.75) is 45.0 Å². The van der Waals surface area contributed by atoms with E-state index < -0.39 is 6.04 Å². The number of hydrogen-bond acceptors (Lipinski definition) is 6. The van der Waals surface area contributed by atoms with Crippen molar-refractivity contribution in [3.63, 3.8) is 0 Å². The number of benzene rings is 3. The molecule has 0 spiro atoms. The Morgan fingerprint density at radius 2 is 1.93 bits per heavy atom. The molecule has 1 aromatic heterocycles. The van der Waals surface area contributed by atoms with Crippen LogP contribution in [0.15, 0.2) is 83.2 Å². The quantitative estimate of drug-likeness (QED) is 0.192. The SMILES string of the molecule is CCCSc1nc2n(n1)C(c1cccc(OCc3ccc(Cl)cc3Cl)c1)C(C(=O)Nc1cccc(C)c1)=C(C)N2. The Kier molecular flexibility index (Phi) is 8.69. The van der Waals surface area contributed by atoms with Gasteiger partial charge >= 0.3 is 0 Å². The molecule has 4 aromatic rings. The second-order valence-corrected chi connectivity index (χ2v) is 11.4. The van der Waals surface area contributed by atoms with Crippen molar-refractivity contribution in [2.24, 2.45) is 0 Å². The summed E-state index contributed by atoms with van der Waals surface area (Å²) in [4.78, 5) is 18.5. The van der Waals surface area contributed by atoms with Crippen LogP contribution in [-0.2, 0) is 11.4 Å². The number of amides is 1. The van der Waals surface area contributed by atoms with Gasteiger partial charge in [0.2, 0.25) is 11.1 Å². The Balaban J connectivity index is 1.49. The summed E-state index contributed by atoms with van der Waals surface area (Å²) in [6.45, 7) is 6.27. The normalized spacial score (nSPS) is 14.5. The first-order valence-corrected chi connectivity index (χ1v) is 14.7. The van der Waals surface area contributed by atoms with Crippen molar-refractivity contribution < 1.29 is 9.53 Å². The second-order valence-electron chi connectivity index (χ2n) is 9.50. The first kappa shape index (κ1) is 28.1. The predicted octanol–water partition coefficient (Wildman–Crippen LogP) is 7.90. The molecule has 3 aromatic carbocycles. The van der Waals surface area contributed by atoms with E-state index in [1.54, 1.807) is 28.6 Å². The number of nitrogens with one attached hydrogen (secondary N) is 2. The van der Waals surface area contributed by atoms with Gasteiger partial charge in [-0.15, -0.1) is 5.10 Å². The molecule has 5 rings (SSSR count). The van der Waals surface area contributed by atoms with Gasteiger partial charge in [0, 0.05) is 32.7 Å². The molecular weight excluding hydrogens is 565 g/mol. The van der Waals surface area contributed by atoms with Crippen molar-refractivity contribution in [3.8, 4) is 5.75 Å². The fraction of sp³-hybridized carbons (Fsp3) is 0.233. The van der Waals surface area contributed by atoms with E-state index in [9.17, 15) is 4.79 Å². The lowest BCUT2D eigenvalue weighted by Crippen LogP contribution is -2.31. The van der Waals surface area contributed by atoms with Crippen LogP contribution in [0.1, 0.15) is 43.0 Å². The largest absolute Gasteiger partial charge is 0.489 e. The van der Waals surface area contributed by atoms with Gasteiger partial charge in [0.05, 0.1) is 5.57 Å². The van der Waals surface area contributed by atoms with Crippen molar-refractivity contribution in [1.29, 1.82) is 0 Å². The Morgan fingerprint density at radius 3 is 2.70 bits per heavy atom. The summed E-state index contributed by atoms with van der Waals surface area (Å²) in [7, 11) is 0. The van der Waals surface area contributed by atoms with Gasteiger partial charge in [-0.25, -0.2) is 4.68 Å². The Hall–Kier alpha value is -3.46. The molecule has 1 aliphatic heterocycles. The van der Waals surface area contributed by atoms with Gasteiger partial charge in [-0.3, -0.25) is 4.79 Å². The minimum absolute atomic E-state index is 0.219. The van der Waals surface area contributed by atoms with E-state index in [1.807, 2.05) is 68.4 Å². The number of fused-ring (bicyclic) bond motifs is 1. The number of aromatic nitrogens is 3. The number of thioether (sulfide) groups is 1. The number of carbonyl (C=O) groups excluding carboxylic acids is 1. The molecule has 1 aliphatic rings. The van der Waals surface area contributed by atoms with E-state index in [0.717, 1.165) is 34.6 Å². The van der Waals surface area contributed by atoms with Crippen LogP contribution in [-0.4, -0.2) is 26.4 Å². The molecule has 0 fully saturated rings. The number of ether oxygens (including phenoxy) is 1. The fourth-order valence-electron chi connectivity index (χ4n) is 4.48. The highest BCUT2D eigenvalue weighted by atomic mass is 35.5. The number of rotatable bonds is 9. The Labute approximate surface area is 247 Å². The number of aryl methyl sites for hydroxylation is 1. The molecular formula is C30H29Cl2N5O2S. The molecule has 2 heterocycles. The molecule has 1 amide bonds. The first-order valence-electron chi connectivity index (χ1n) is 12.9. The molecule has 1 unspecified atom stereocenters. The summed E-state index contributed by atoms with van der Waals surface area (Å²) < 4.78 is 7.90. The van der Waals surface area contributed by atoms with Crippen LogP contribution in [0.25, 0.3) is 0 Å². The lowest BCUT2D eigenvalue weighted by atomic mass is 9.94. The summed E-state index contributed by atoms with van der Waals surface area (Å²) in [6, 6.07) is 20.2. The lowest BCUT2D eigenvalue weighted by Gasteiger charge is -2.29. The summed E-state index contributed by atoms with van der Waals surface area (Å²) in [5, 5.41) is 12.9. The fourth-order valence-corrected chi connectivity index (χ4v) is 5.63. The van der Waals surface area contributed by atoms with Gasteiger partial charge < -0.3 is 15.4 Å². The third-order valence-corrected chi connectivity index (χ3v) is 8.00. The standard InChI is InChI=1S/C30H29Cl2N5O2S/c1-4-13-40-30-35-29-33-19(3)26(28(38)34-23-9-5-7-18(2)14-23)27(37(29)36-30)20-8-6-10-24(15-20)39-17-21-11-12-22(31)16-25(21)32/h5-12,14-16,27H,4,13,17H2,1-3H3,(H,34,38)(H,33,35,36). The smallest absolute Gasteiger partial charge is 0.255 e. The average Bonchev–Trinajstić information content (AvgIpc) is 3.33. The zero-order chi connectivity index (χ0) is 28.2. The second kappa shape index (κ2) is 12.4. The third-order valence-electron chi connectivity index (χ3n) is 6.37. The minimum Gasteiger partial charge on any atom is -0.489 e. The molecule has 0 bridgehead atoms. The molecule has 2 N–H and O–H groups in total. The number of carbonyl (C=O) groups is 1. The molecule has 40 heavy (non-hydrogen) atoms. The van der Waals surface area contributed by atoms with Crippen LogP contribution < -0.4 is 15.4 Å². The zero-order valence-corrected chi connectivity index (χ0v) is 24.7. The van der Waals surface area contributed by atoms with Gasteiger partial charge in [0.1, 0.15) is 18.4 Å². The molecule has 0 radical (unpaired) electrons.